The summed E-state index contributed by atoms with van der Waals surface area (Å²) in [6.45, 7) is 7.64. The fourth-order valence-electron chi connectivity index (χ4n) is 5.07. The number of carbonyl (C=O) groups is 1. The predicted molar refractivity (Wildman–Crippen MR) is 85.8 cm³/mol. The highest BCUT2D eigenvalue weighted by molar-refractivity contribution is 6.45. The number of hydrogen-bond acceptors (Lipinski definition) is 4. The molecule has 0 aromatic carbocycles. The minimum Gasteiger partial charge on any atom is -0.426 e. The number of hydrogen-bond donors (Lipinski definition) is 2. The van der Waals surface area contributed by atoms with Crippen LogP contribution in [0.2, 0.25) is 0 Å². The van der Waals surface area contributed by atoms with E-state index in [9.17, 15) is 9.82 Å². The van der Waals surface area contributed by atoms with Crippen LogP contribution in [0.25, 0.3) is 0 Å². The SMILES string of the molecule is CC1C(OB(O)C2CCCN2C(=O)CN)CC2CC1C2(C)C. The number of likely N-dealkylation sites (tertiary alicyclic amines) is 1. The van der Waals surface area contributed by atoms with Crippen molar-refractivity contribution in [1.29, 1.82) is 0 Å². The Morgan fingerprint density at radius 2 is 2.18 bits per heavy atom. The normalized spacial score (nSPS) is 39.5. The molecule has 4 rings (SSSR count). The largest absolute Gasteiger partial charge is 0.478 e. The molecule has 124 valence electrons. The zero-order chi connectivity index (χ0) is 16.1. The molecule has 5 atom stereocenters. The molecule has 1 heterocycles. The zero-order valence-electron chi connectivity index (χ0n) is 14.0. The van der Waals surface area contributed by atoms with Crippen LogP contribution in [-0.2, 0) is 9.45 Å². The molecule has 6 heteroatoms. The quantitative estimate of drug-likeness (QED) is 0.761. The Labute approximate surface area is 133 Å². The molecule has 5 nitrogen and oxygen atoms in total. The van der Waals surface area contributed by atoms with Crippen molar-refractivity contribution >= 4 is 13.0 Å². The minimum atomic E-state index is -0.883. The van der Waals surface area contributed by atoms with Crippen molar-refractivity contribution in [1.82, 2.24) is 4.90 Å². The van der Waals surface area contributed by atoms with E-state index in [1.165, 1.54) is 6.42 Å². The lowest BCUT2D eigenvalue weighted by Gasteiger charge is -2.62. The maximum atomic E-state index is 11.9. The summed E-state index contributed by atoms with van der Waals surface area (Å²) in [6, 6.07) is 0. The Bertz CT molecular complexity index is 445. The van der Waals surface area contributed by atoms with Gasteiger partial charge in [-0.15, -0.1) is 0 Å². The van der Waals surface area contributed by atoms with Gasteiger partial charge in [0.2, 0.25) is 5.91 Å². The molecular formula is C16H29BN2O3. The van der Waals surface area contributed by atoms with Crippen molar-refractivity contribution in [2.75, 3.05) is 13.1 Å². The van der Waals surface area contributed by atoms with Crippen LogP contribution < -0.4 is 5.73 Å². The summed E-state index contributed by atoms with van der Waals surface area (Å²) in [5.41, 5.74) is 5.88. The molecule has 1 saturated heterocycles. The third kappa shape index (κ3) is 2.49. The molecule has 0 aromatic heterocycles. The summed E-state index contributed by atoms with van der Waals surface area (Å²) in [6.07, 6.45) is 4.15. The predicted octanol–water partition coefficient (Wildman–Crippen LogP) is 1.04. The van der Waals surface area contributed by atoms with Crippen molar-refractivity contribution in [2.24, 2.45) is 28.9 Å². The lowest BCUT2D eigenvalue weighted by Crippen LogP contribution is -2.59. The summed E-state index contributed by atoms with van der Waals surface area (Å²) >= 11 is 0. The summed E-state index contributed by atoms with van der Waals surface area (Å²) in [5, 5.41) is 10.5. The van der Waals surface area contributed by atoms with Crippen molar-refractivity contribution in [3.63, 3.8) is 0 Å². The number of carbonyl (C=O) groups excluding carboxylic acids is 1. The number of nitrogens with two attached hydrogens (primary N) is 1. The maximum Gasteiger partial charge on any atom is 0.478 e. The molecule has 0 spiro atoms. The monoisotopic (exact) mass is 308 g/mol. The van der Waals surface area contributed by atoms with E-state index < -0.39 is 7.12 Å². The van der Waals surface area contributed by atoms with Gasteiger partial charge >= 0.3 is 7.12 Å². The van der Waals surface area contributed by atoms with Gasteiger partial charge < -0.3 is 20.3 Å². The molecule has 1 amide bonds. The van der Waals surface area contributed by atoms with Crippen LogP contribution in [0.15, 0.2) is 0 Å². The summed E-state index contributed by atoms with van der Waals surface area (Å²) < 4.78 is 6.03. The molecule has 3 N–H and O–H groups in total. The second kappa shape index (κ2) is 5.80. The first kappa shape index (κ1) is 16.3. The number of fused-ring (bicyclic) bond motifs is 2. The van der Waals surface area contributed by atoms with Gasteiger partial charge in [0.05, 0.1) is 12.5 Å². The molecular weight excluding hydrogens is 279 g/mol. The van der Waals surface area contributed by atoms with E-state index in [0.29, 0.717) is 29.7 Å². The molecule has 4 fully saturated rings. The Morgan fingerprint density at radius 3 is 2.77 bits per heavy atom. The second-order valence-corrected chi connectivity index (χ2v) is 8.02. The topological polar surface area (TPSA) is 75.8 Å². The Kier molecular flexibility index (Phi) is 4.29. The van der Waals surface area contributed by atoms with E-state index in [-0.39, 0.29) is 24.5 Å². The Hall–Kier alpha value is -0.585. The summed E-state index contributed by atoms with van der Waals surface area (Å²) in [4.78, 5) is 13.6. The average Bonchev–Trinajstić information content (AvgIpc) is 2.97. The van der Waals surface area contributed by atoms with Gasteiger partial charge in [-0.05, 0) is 48.9 Å². The van der Waals surface area contributed by atoms with Crippen LogP contribution in [0, 0.1) is 23.2 Å². The van der Waals surface area contributed by atoms with E-state index in [1.54, 1.807) is 4.90 Å². The van der Waals surface area contributed by atoms with Crippen molar-refractivity contribution < 1.29 is 14.5 Å². The first-order valence-corrected chi connectivity index (χ1v) is 8.69. The van der Waals surface area contributed by atoms with Crippen LogP contribution in [-0.4, -0.2) is 48.1 Å². The van der Waals surface area contributed by atoms with Crippen LogP contribution >= 0.6 is 0 Å². The number of rotatable bonds is 4. The van der Waals surface area contributed by atoms with Crippen molar-refractivity contribution in [2.45, 2.75) is 58.5 Å². The molecule has 0 radical (unpaired) electrons. The van der Waals surface area contributed by atoms with Crippen LogP contribution in [0.4, 0.5) is 0 Å². The molecule has 4 aliphatic rings. The van der Waals surface area contributed by atoms with Gasteiger partial charge in [0.25, 0.3) is 0 Å². The number of nitrogens with zero attached hydrogens (tertiary/aromatic N) is 1. The number of amides is 1. The van der Waals surface area contributed by atoms with E-state index in [1.807, 2.05) is 0 Å². The highest BCUT2D eigenvalue weighted by Crippen LogP contribution is 2.61. The molecule has 22 heavy (non-hydrogen) atoms. The molecule has 3 aliphatic carbocycles. The highest BCUT2D eigenvalue weighted by atomic mass is 16.5. The van der Waals surface area contributed by atoms with Gasteiger partial charge in [-0.3, -0.25) is 4.79 Å². The third-order valence-electron chi connectivity index (χ3n) is 6.72. The van der Waals surface area contributed by atoms with E-state index in [4.69, 9.17) is 10.4 Å². The fourth-order valence-corrected chi connectivity index (χ4v) is 5.07. The van der Waals surface area contributed by atoms with Crippen molar-refractivity contribution in [3.8, 4) is 0 Å². The zero-order valence-corrected chi connectivity index (χ0v) is 14.0. The van der Waals surface area contributed by atoms with E-state index in [2.05, 4.69) is 20.8 Å². The van der Waals surface area contributed by atoms with Crippen molar-refractivity contribution in [3.05, 3.63) is 0 Å². The van der Waals surface area contributed by atoms with Gasteiger partial charge in [-0.1, -0.05) is 20.8 Å². The Morgan fingerprint density at radius 1 is 1.45 bits per heavy atom. The molecule has 2 bridgehead atoms. The molecule has 5 unspecified atom stereocenters. The molecule has 0 aromatic rings. The van der Waals surface area contributed by atoms with Crippen LogP contribution in [0.3, 0.4) is 0 Å². The van der Waals surface area contributed by atoms with Gasteiger partial charge in [0, 0.05) is 12.6 Å². The average molecular weight is 308 g/mol. The minimum absolute atomic E-state index is 0.00138. The van der Waals surface area contributed by atoms with E-state index >= 15 is 0 Å². The second-order valence-electron chi connectivity index (χ2n) is 8.02. The summed E-state index contributed by atoms with van der Waals surface area (Å²) in [7, 11) is -0.883. The first-order chi connectivity index (χ1) is 10.4. The maximum absolute atomic E-state index is 11.9. The standard InChI is InChI=1S/C16H29BN2O3/c1-10-12-7-11(16(12,2)3)8-13(10)22-17(21)14-5-4-6-19(14)15(20)9-18/h10-14,21H,4-9,18H2,1-3H3. The van der Waals surface area contributed by atoms with Gasteiger partial charge in [-0.2, -0.15) is 0 Å². The van der Waals surface area contributed by atoms with Gasteiger partial charge in [0.15, 0.2) is 0 Å². The van der Waals surface area contributed by atoms with E-state index in [0.717, 1.165) is 19.3 Å². The first-order valence-electron chi connectivity index (χ1n) is 8.69. The lowest BCUT2D eigenvalue weighted by molar-refractivity contribution is -0.152. The Balaban J connectivity index is 1.61. The smallest absolute Gasteiger partial charge is 0.426 e. The van der Waals surface area contributed by atoms with Crippen LogP contribution in [0.1, 0.15) is 46.5 Å². The molecule has 1 aliphatic heterocycles. The van der Waals surface area contributed by atoms with Gasteiger partial charge in [0.1, 0.15) is 0 Å². The highest BCUT2D eigenvalue weighted by Gasteiger charge is 2.57. The fraction of sp³-hybridized carbons (Fsp3) is 0.938. The lowest BCUT2D eigenvalue weighted by atomic mass is 9.45. The third-order valence-corrected chi connectivity index (χ3v) is 6.72. The van der Waals surface area contributed by atoms with Crippen LogP contribution in [0.5, 0.6) is 0 Å². The van der Waals surface area contributed by atoms with Gasteiger partial charge in [-0.25, -0.2) is 0 Å². The summed E-state index contributed by atoms with van der Waals surface area (Å²) in [5.74, 6) is 1.54. The molecule has 3 saturated carbocycles.